The summed E-state index contributed by atoms with van der Waals surface area (Å²) in [6, 6.07) is 1.92. The standard InChI is InChI=1S/C11H14N4/c1-3-10-13-4-5-15(10)11-9(12)6-8(2)7-14-11/h4-7H,3,12H2,1-2H3. The van der Waals surface area contributed by atoms with E-state index in [-0.39, 0.29) is 0 Å². The average Bonchev–Trinajstić information content (AvgIpc) is 2.65. The predicted molar refractivity (Wildman–Crippen MR) is 59.9 cm³/mol. The fourth-order valence-electron chi connectivity index (χ4n) is 1.57. The number of nitrogens with two attached hydrogens (primary N) is 1. The first-order valence-electron chi connectivity index (χ1n) is 4.97. The smallest absolute Gasteiger partial charge is 0.161 e. The van der Waals surface area contributed by atoms with Crippen molar-refractivity contribution in [1.82, 2.24) is 14.5 Å². The van der Waals surface area contributed by atoms with Crippen LogP contribution in [0.25, 0.3) is 5.82 Å². The zero-order valence-electron chi connectivity index (χ0n) is 8.94. The van der Waals surface area contributed by atoms with E-state index in [1.165, 1.54) is 0 Å². The molecular weight excluding hydrogens is 188 g/mol. The molecule has 0 aliphatic carbocycles. The molecule has 4 heteroatoms. The Morgan fingerprint density at radius 3 is 2.87 bits per heavy atom. The van der Waals surface area contributed by atoms with Crippen molar-refractivity contribution in [1.29, 1.82) is 0 Å². The van der Waals surface area contributed by atoms with E-state index in [0.717, 1.165) is 23.6 Å². The van der Waals surface area contributed by atoms with Crippen LogP contribution in [-0.2, 0) is 6.42 Å². The lowest BCUT2D eigenvalue weighted by Crippen LogP contribution is -2.05. The quantitative estimate of drug-likeness (QED) is 0.806. The first-order chi connectivity index (χ1) is 7.22. The minimum atomic E-state index is 0.683. The maximum atomic E-state index is 5.93. The highest BCUT2D eigenvalue weighted by atomic mass is 15.1. The number of pyridine rings is 1. The number of nitrogens with zero attached hydrogens (tertiary/aromatic N) is 3. The van der Waals surface area contributed by atoms with Crippen molar-refractivity contribution in [2.24, 2.45) is 0 Å². The first-order valence-corrected chi connectivity index (χ1v) is 4.97. The van der Waals surface area contributed by atoms with Crippen LogP contribution in [0.4, 0.5) is 5.69 Å². The van der Waals surface area contributed by atoms with Gasteiger partial charge in [-0.3, -0.25) is 4.57 Å². The monoisotopic (exact) mass is 202 g/mol. The molecule has 0 unspecified atom stereocenters. The molecule has 0 fully saturated rings. The van der Waals surface area contributed by atoms with Crippen LogP contribution in [0.3, 0.4) is 0 Å². The van der Waals surface area contributed by atoms with E-state index in [1.807, 2.05) is 30.0 Å². The maximum absolute atomic E-state index is 5.93. The highest BCUT2D eigenvalue weighted by Crippen LogP contribution is 2.17. The van der Waals surface area contributed by atoms with Crippen LogP contribution < -0.4 is 5.73 Å². The number of aryl methyl sites for hydroxylation is 2. The fraction of sp³-hybridized carbons (Fsp3) is 0.273. The van der Waals surface area contributed by atoms with Crippen molar-refractivity contribution < 1.29 is 0 Å². The molecule has 0 aliphatic heterocycles. The van der Waals surface area contributed by atoms with Crippen molar-refractivity contribution >= 4 is 5.69 Å². The lowest BCUT2D eigenvalue weighted by molar-refractivity contribution is 0.868. The Bertz CT molecular complexity index is 473. The minimum absolute atomic E-state index is 0.683. The van der Waals surface area contributed by atoms with E-state index in [9.17, 15) is 0 Å². The Morgan fingerprint density at radius 1 is 1.40 bits per heavy atom. The Kier molecular flexibility index (Phi) is 2.41. The van der Waals surface area contributed by atoms with Gasteiger partial charge in [-0.25, -0.2) is 9.97 Å². The maximum Gasteiger partial charge on any atom is 0.161 e. The van der Waals surface area contributed by atoms with Gasteiger partial charge in [0.25, 0.3) is 0 Å². The van der Waals surface area contributed by atoms with Crippen molar-refractivity contribution in [3.63, 3.8) is 0 Å². The molecule has 0 bridgehead atoms. The second-order valence-corrected chi connectivity index (χ2v) is 3.49. The lowest BCUT2D eigenvalue weighted by atomic mass is 10.3. The molecule has 2 aromatic rings. The van der Waals surface area contributed by atoms with Crippen LogP contribution in [0.5, 0.6) is 0 Å². The summed E-state index contributed by atoms with van der Waals surface area (Å²) in [7, 11) is 0. The van der Waals surface area contributed by atoms with Gasteiger partial charge in [0.05, 0.1) is 5.69 Å². The summed E-state index contributed by atoms with van der Waals surface area (Å²) in [4.78, 5) is 8.57. The number of aromatic nitrogens is 3. The molecule has 0 atom stereocenters. The summed E-state index contributed by atoms with van der Waals surface area (Å²) in [5.74, 6) is 1.73. The zero-order chi connectivity index (χ0) is 10.8. The summed E-state index contributed by atoms with van der Waals surface area (Å²) in [5.41, 5.74) is 7.67. The van der Waals surface area contributed by atoms with Crippen LogP contribution in [0.2, 0.25) is 0 Å². The topological polar surface area (TPSA) is 56.7 Å². The fourth-order valence-corrected chi connectivity index (χ4v) is 1.57. The Morgan fingerprint density at radius 2 is 2.20 bits per heavy atom. The summed E-state index contributed by atoms with van der Waals surface area (Å²) in [6.45, 7) is 4.03. The van der Waals surface area contributed by atoms with Gasteiger partial charge >= 0.3 is 0 Å². The molecule has 2 N–H and O–H groups in total. The third kappa shape index (κ3) is 1.70. The predicted octanol–water partition coefficient (Wildman–Crippen LogP) is 1.72. The van der Waals surface area contributed by atoms with Gasteiger partial charge < -0.3 is 5.73 Å². The van der Waals surface area contributed by atoms with Gasteiger partial charge in [-0.2, -0.15) is 0 Å². The van der Waals surface area contributed by atoms with Gasteiger partial charge in [0.1, 0.15) is 5.82 Å². The lowest BCUT2D eigenvalue weighted by Gasteiger charge is -2.08. The average molecular weight is 202 g/mol. The normalized spacial score (nSPS) is 10.5. The minimum Gasteiger partial charge on any atom is -0.396 e. The molecule has 2 aromatic heterocycles. The molecular formula is C11H14N4. The SMILES string of the molecule is CCc1nccn1-c1ncc(C)cc1N. The molecule has 78 valence electrons. The second kappa shape index (κ2) is 3.73. The number of hydrogen-bond donors (Lipinski definition) is 1. The van der Waals surface area contributed by atoms with Gasteiger partial charge in [0.15, 0.2) is 5.82 Å². The summed E-state index contributed by atoms with van der Waals surface area (Å²) < 4.78 is 1.93. The summed E-state index contributed by atoms with van der Waals surface area (Å²) in [5, 5.41) is 0. The van der Waals surface area contributed by atoms with Crippen LogP contribution in [0, 0.1) is 6.92 Å². The number of hydrogen-bond acceptors (Lipinski definition) is 3. The van der Waals surface area contributed by atoms with Gasteiger partial charge in [-0.15, -0.1) is 0 Å². The van der Waals surface area contributed by atoms with Crippen molar-refractivity contribution in [2.45, 2.75) is 20.3 Å². The molecule has 0 radical (unpaired) electrons. The zero-order valence-corrected chi connectivity index (χ0v) is 8.94. The van der Waals surface area contributed by atoms with Crippen molar-refractivity contribution in [2.75, 3.05) is 5.73 Å². The molecule has 2 heterocycles. The Labute approximate surface area is 88.8 Å². The molecule has 0 spiro atoms. The highest BCUT2D eigenvalue weighted by molar-refractivity contribution is 5.54. The third-order valence-electron chi connectivity index (χ3n) is 2.29. The van der Waals surface area contributed by atoms with Crippen molar-refractivity contribution in [3.8, 4) is 5.82 Å². The summed E-state index contributed by atoms with van der Waals surface area (Å²) >= 11 is 0. The molecule has 0 aromatic carbocycles. The van der Waals surface area contributed by atoms with Crippen LogP contribution in [-0.4, -0.2) is 14.5 Å². The number of imidazole rings is 1. The number of nitrogen functional groups attached to an aromatic ring is 1. The summed E-state index contributed by atoms with van der Waals surface area (Å²) in [6.07, 6.45) is 6.32. The second-order valence-electron chi connectivity index (χ2n) is 3.49. The van der Waals surface area contributed by atoms with Gasteiger partial charge in [0, 0.05) is 25.0 Å². The van der Waals surface area contributed by atoms with Crippen LogP contribution >= 0.6 is 0 Å². The molecule has 2 rings (SSSR count). The van der Waals surface area contributed by atoms with Gasteiger partial charge in [-0.1, -0.05) is 6.92 Å². The molecule has 4 nitrogen and oxygen atoms in total. The van der Waals surface area contributed by atoms with Crippen LogP contribution in [0.15, 0.2) is 24.7 Å². The van der Waals surface area contributed by atoms with E-state index in [1.54, 1.807) is 6.20 Å². The molecule has 15 heavy (non-hydrogen) atoms. The van der Waals surface area contributed by atoms with E-state index in [4.69, 9.17) is 5.73 Å². The van der Waals surface area contributed by atoms with E-state index < -0.39 is 0 Å². The third-order valence-corrected chi connectivity index (χ3v) is 2.29. The van der Waals surface area contributed by atoms with E-state index in [2.05, 4.69) is 16.9 Å². The molecule has 0 amide bonds. The highest BCUT2D eigenvalue weighted by Gasteiger charge is 2.07. The Hall–Kier alpha value is -1.84. The molecule has 0 aliphatic rings. The van der Waals surface area contributed by atoms with Gasteiger partial charge in [-0.05, 0) is 18.6 Å². The van der Waals surface area contributed by atoms with Crippen molar-refractivity contribution in [3.05, 3.63) is 36.0 Å². The number of anilines is 1. The first kappa shape index (κ1) is 9.71. The largest absolute Gasteiger partial charge is 0.396 e. The molecule has 0 saturated carbocycles. The molecule has 0 saturated heterocycles. The van der Waals surface area contributed by atoms with Gasteiger partial charge in [0.2, 0.25) is 0 Å². The van der Waals surface area contributed by atoms with E-state index >= 15 is 0 Å². The van der Waals surface area contributed by atoms with Crippen LogP contribution in [0.1, 0.15) is 18.3 Å². The Balaban J connectivity index is 2.54. The number of rotatable bonds is 2. The van der Waals surface area contributed by atoms with E-state index in [0.29, 0.717) is 5.69 Å².